The van der Waals surface area contributed by atoms with Gasteiger partial charge >= 0.3 is 12.0 Å². The van der Waals surface area contributed by atoms with Crippen molar-refractivity contribution in [1.82, 2.24) is 16.1 Å². The van der Waals surface area contributed by atoms with Crippen molar-refractivity contribution in [3.63, 3.8) is 0 Å². The number of urea groups is 1. The van der Waals surface area contributed by atoms with Crippen LogP contribution in [0.25, 0.3) is 0 Å². The molecular weight excluding hydrogens is 504 g/mol. The molecule has 2 aromatic carbocycles. The van der Waals surface area contributed by atoms with Gasteiger partial charge in [-0.25, -0.2) is 9.59 Å². The first-order chi connectivity index (χ1) is 17.8. The van der Waals surface area contributed by atoms with Crippen LogP contribution in [-0.2, 0) is 9.53 Å². The number of ether oxygens (including phenoxy) is 4. The minimum absolute atomic E-state index is 0.153. The fourth-order valence-corrected chi connectivity index (χ4v) is 3.80. The molecule has 0 saturated heterocycles. The summed E-state index contributed by atoms with van der Waals surface area (Å²) in [6.07, 6.45) is 0.326. The molecule has 4 N–H and O–H groups in total. The number of nitrogens with zero attached hydrogens (tertiary/aromatic N) is 1. The standard InChI is InChI=1S/C25H29ClN4O7/c1-5-36-20-11-15(23-22(24(32)35-4)14(2)28-25(33)29-23)6-8-19(20)37-13-21(31)30-27-12-16-10-17(26)7-9-18(16)34-3/h6-12,21,23,30-31H,5,13H2,1-4H3,(H2,28,29,33)/b27-12+/t21-,23-/m1/s1. The van der Waals surface area contributed by atoms with E-state index in [9.17, 15) is 14.7 Å². The number of benzene rings is 2. The van der Waals surface area contributed by atoms with E-state index in [1.807, 2.05) is 6.92 Å². The molecular formula is C25H29ClN4O7. The zero-order valence-electron chi connectivity index (χ0n) is 20.8. The van der Waals surface area contributed by atoms with Crippen LogP contribution in [0, 0.1) is 0 Å². The first-order valence-corrected chi connectivity index (χ1v) is 11.7. The molecule has 2 amide bonds. The Balaban J connectivity index is 1.72. The van der Waals surface area contributed by atoms with Gasteiger partial charge in [-0.1, -0.05) is 17.7 Å². The summed E-state index contributed by atoms with van der Waals surface area (Å²) in [7, 11) is 2.80. The Hall–Kier alpha value is -3.96. The number of carbonyl (C=O) groups is 2. The molecule has 0 saturated carbocycles. The summed E-state index contributed by atoms with van der Waals surface area (Å²) in [5.74, 6) is 0.729. The van der Waals surface area contributed by atoms with Crippen molar-refractivity contribution in [3.05, 3.63) is 63.8 Å². The highest BCUT2D eigenvalue weighted by atomic mass is 35.5. The molecule has 37 heavy (non-hydrogen) atoms. The number of methoxy groups -OCH3 is 2. The first-order valence-electron chi connectivity index (χ1n) is 11.3. The van der Waals surface area contributed by atoms with Crippen LogP contribution < -0.4 is 30.3 Å². The molecule has 11 nitrogen and oxygen atoms in total. The lowest BCUT2D eigenvalue weighted by atomic mass is 9.95. The zero-order chi connectivity index (χ0) is 26.9. The summed E-state index contributed by atoms with van der Waals surface area (Å²) in [4.78, 5) is 24.4. The largest absolute Gasteiger partial charge is 0.496 e. The van der Waals surface area contributed by atoms with Gasteiger partial charge in [-0.15, -0.1) is 0 Å². The molecule has 0 radical (unpaired) electrons. The minimum atomic E-state index is -1.14. The summed E-state index contributed by atoms with van der Waals surface area (Å²) in [5, 5.41) is 20.1. The van der Waals surface area contributed by atoms with E-state index < -0.39 is 24.3 Å². The van der Waals surface area contributed by atoms with Crippen LogP contribution in [-0.4, -0.2) is 57.0 Å². The number of nitrogens with one attached hydrogen (secondary N) is 3. The lowest BCUT2D eigenvalue weighted by Gasteiger charge is -2.28. The molecule has 0 bridgehead atoms. The summed E-state index contributed by atoms with van der Waals surface area (Å²) in [6, 6.07) is 8.87. The molecule has 0 spiro atoms. The van der Waals surface area contributed by atoms with Gasteiger partial charge in [0.05, 0.1) is 38.7 Å². The van der Waals surface area contributed by atoms with Gasteiger partial charge in [0, 0.05) is 16.3 Å². The Bertz CT molecular complexity index is 1200. The highest BCUT2D eigenvalue weighted by molar-refractivity contribution is 6.30. The predicted octanol–water partition coefficient (Wildman–Crippen LogP) is 2.87. The molecule has 3 rings (SSSR count). The maximum Gasteiger partial charge on any atom is 0.337 e. The quantitative estimate of drug-likeness (QED) is 0.150. The molecule has 2 atom stereocenters. The predicted molar refractivity (Wildman–Crippen MR) is 137 cm³/mol. The van der Waals surface area contributed by atoms with Crippen LogP contribution in [0.2, 0.25) is 5.02 Å². The van der Waals surface area contributed by atoms with Crippen LogP contribution in [0.3, 0.4) is 0 Å². The number of allylic oxidation sites excluding steroid dienone is 1. The van der Waals surface area contributed by atoms with E-state index >= 15 is 0 Å². The van der Waals surface area contributed by atoms with E-state index in [-0.39, 0.29) is 12.2 Å². The SMILES string of the molecule is CCOc1cc([C@H]2NC(=O)NC(C)=C2C(=O)OC)ccc1OC[C@@H](O)N/N=C/c1cc(Cl)ccc1OC. The highest BCUT2D eigenvalue weighted by Gasteiger charge is 2.32. The smallest absolute Gasteiger partial charge is 0.337 e. The summed E-state index contributed by atoms with van der Waals surface area (Å²) in [5.41, 5.74) is 4.45. The fraction of sp³-hybridized carbons (Fsp3) is 0.320. The average molecular weight is 533 g/mol. The molecule has 0 fully saturated rings. The topological polar surface area (TPSA) is 140 Å². The van der Waals surface area contributed by atoms with Crippen molar-refractivity contribution in [3.8, 4) is 17.2 Å². The van der Waals surface area contributed by atoms with Gasteiger partial charge in [-0.2, -0.15) is 5.10 Å². The van der Waals surface area contributed by atoms with Crippen LogP contribution in [0.5, 0.6) is 17.2 Å². The van der Waals surface area contributed by atoms with Crippen LogP contribution in [0.1, 0.15) is 31.0 Å². The third-order valence-corrected chi connectivity index (χ3v) is 5.53. The number of hydrogen-bond donors (Lipinski definition) is 4. The van der Waals surface area contributed by atoms with Gasteiger partial charge in [0.1, 0.15) is 12.4 Å². The van der Waals surface area contributed by atoms with Crippen LogP contribution in [0.15, 0.2) is 52.8 Å². The molecule has 1 heterocycles. The first kappa shape index (κ1) is 27.6. The van der Waals surface area contributed by atoms with Crippen molar-refractivity contribution in [2.24, 2.45) is 5.10 Å². The number of carbonyl (C=O) groups excluding carboxylic acids is 2. The lowest BCUT2D eigenvalue weighted by Crippen LogP contribution is -2.45. The lowest BCUT2D eigenvalue weighted by molar-refractivity contribution is -0.136. The molecule has 1 aliphatic heterocycles. The Labute approximate surface area is 219 Å². The third-order valence-electron chi connectivity index (χ3n) is 5.29. The van der Waals surface area contributed by atoms with E-state index in [0.717, 1.165) is 0 Å². The van der Waals surface area contributed by atoms with Gasteiger partial charge in [0.25, 0.3) is 0 Å². The van der Waals surface area contributed by atoms with Crippen molar-refractivity contribution in [2.45, 2.75) is 26.1 Å². The molecule has 2 aromatic rings. The Morgan fingerprint density at radius 2 is 1.95 bits per heavy atom. The Morgan fingerprint density at radius 3 is 2.65 bits per heavy atom. The van der Waals surface area contributed by atoms with Crippen LogP contribution in [0.4, 0.5) is 4.79 Å². The average Bonchev–Trinajstić information content (AvgIpc) is 2.87. The second-order valence-electron chi connectivity index (χ2n) is 7.80. The van der Waals surface area contributed by atoms with E-state index in [2.05, 4.69) is 21.2 Å². The maximum atomic E-state index is 12.4. The number of amides is 2. The van der Waals surface area contributed by atoms with Gasteiger partial charge in [-0.3, -0.25) is 5.43 Å². The molecule has 1 aliphatic rings. The van der Waals surface area contributed by atoms with Crippen LogP contribution >= 0.6 is 11.6 Å². The molecule has 0 unspecified atom stereocenters. The highest BCUT2D eigenvalue weighted by Crippen LogP contribution is 2.35. The number of esters is 1. The van der Waals surface area contributed by atoms with Gasteiger partial charge in [-0.05, 0) is 49.7 Å². The van der Waals surface area contributed by atoms with Crippen molar-refractivity contribution in [2.75, 3.05) is 27.4 Å². The minimum Gasteiger partial charge on any atom is -0.496 e. The number of aliphatic hydroxyl groups excluding tert-OH is 1. The zero-order valence-corrected chi connectivity index (χ0v) is 21.6. The molecule has 198 valence electrons. The van der Waals surface area contributed by atoms with Gasteiger partial charge in [0.15, 0.2) is 17.7 Å². The third kappa shape index (κ3) is 7.05. The molecule has 12 heteroatoms. The summed E-state index contributed by atoms with van der Waals surface area (Å²) in [6.45, 7) is 3.61. The molecule has 0 aliphatic carbocycles. The normalized spacial score (nSPS) is 16.1. The van der Waals surface area contributed by atoms with E-state index in [4.69, 9.17) is 30.5 Å². The second kappa shape index (κ2) is 12.8. The summed E-state index contributed by atoms with van der Waals surface area (Å²) >= 11 is 6.01. The van der Waals surface area contributed by atoms with E-state index in [1.54, 1.807) is 43.3 Å². The number of hydrogen-bond acceptors (Lipinski definition) is 9. The number of hydrazone groups is 1. The Kier molecular flexibility index (Phi) is 9.58. The van der Waals surface area contributed by atoms with Gasteiger partial charge in [0.2, 0.25) is 0 Å². The number of rotatable bonds is 11. The number of aliphatic hydroxyl groups is 1. The van der Waals surface area contributed by atoms with Gasteiger partial charge < -0.3 is 34.7 Å². The monoisotopic (exact) mass is 532 g/mol. The van der Waals surface area contributed by atoms with E-state index in [1.165, 1.54) is 20.4 Å². The number of halogens is 1. The van der Waals surface area contributed by atoms with Crippen molar-refractivity contribution in [1.29, 1.82) is 0 Å². The van der Waals surface area contributed by atoms with Crippen molar-refractivity contribution < 1.29 is 33.6 Å². The fourth-order valence-electron chi connectivity index (χ4n) is 3.62. The maximum absolute atomic E-state index is 12.4. The van der Waals surface area contributed by atoms with Crippen molar-refractivity contribution >= 4 is 29.8 Å². The second-order valence-corrected chi connectivity index (χ2v) is 8.24. The van der Waals surface area contributed by atoms with E-state index in [0.29, 0.717) is 45.7 Å². The molecule has 0 aromatic heterocycles. The Morgan fingerprint density at radius 1 is 1.19 bits per heavy atom. The summed E-state index contributed by atoms with van der Waals surface area (Å²) < 4.78 is 21.6.